The van der Waals surface area contributed by atoms with Crippen LogP contribution in [0.3, 0.4) is 0 Å². The van der Waals surface area contributed by atoms with Crippen LogP contribution in [0.15, 0.2) is 41.2 Å². The summed E-state index contributed by atoms with van der Waals surface area (Å²) in [5.74, 6) is -0.443. The summed E-state index contributed by atoms with van der Waals surface area (Å²) in [5, 5.41) is 0. The van der Waals surface area contributed by atoms with Crippen molar-refractivity contribution in [1.82, 2.24) is 0 Å². The zero-order valence-corrected chi connectivity index (χ0v) is 8.16. The Morgan fingerprint density at radius 1 is 1.33 bits per heavy atom. The molecule has 3 heteroatoms. The second-order valence-corrected chi connectivity index (χ2v) is 3.26. The molecular formula is C12H9FO2. The summed E-state index contributed by atoms with van der Waals surface area (Å²) in [6.45, 7) is 1.45. The summed E-state index contributed by atoms with van der Waals surface area (Å²) in [4.78, 5) is 11.1. The third kappa shape index (κ3) is 1.81. The van der Waals surface area contributed by atoms with E-state index in [2.05, 4.69) is 0 Å². The Labute approximate surface area is 86.3 Å². The Hall–Kier alpha value is -1.90. The Bertz CT molecular complexity index is 486. The van der Waals surface area contributed by atoms with Crippen molar-refractivity contribution in [2.75, 3.05) is 0 Å². The van der Waals surface area contributed by atoms with Gasteiger partial charge in [-0.15, -0.1) is 0 Å². The summed E-state index contributed by atoms with van der Waals surface area (Å²) in [5.41, 5.74) is 1.51. The van der Waals surface area contributed by atoms with E-state index in [-0.39, 0.29) is 11.6 Å². The van der Waals surface area contributed by atoms with Crippen LogP contribution in [0.5, 0.6) is 0 Å². The van der Waals surface area contributed by atoms with Gasteiger partial charge in [0.2, 0.25) is 0 Å². The molecule has 0 saturated carbocycles. The highest BCUT2D eigenvalue weighted by Gasteiger charge is 2.09. The van der Waals surface area contributed by atoms with Crippen LogP contribution in [-0.2, 0) is 0 Å². The van der Waals surface area contributed by atoms with Crippen molar-refractivity contribution in [3.05, 3.63) is 48.2 Å². The number of hydrogen-bond acceptors (Lipinski definition) is 2. The molecule has 1 aromatic carbocycles. The molecule has 0 aliphatic carbocycles. The zero-order chi connectivity index (χ0) is 10.8. The highest BCUT2D eigenvalue weighted by atomic mass is 19.1. The van der Waals surface area contributed by atoms with E-state index < -0.39 is 0 Å². The summed E-state index contributed by atoms with van der Waals surface area (Å²) < 4.78 is 18.3. The lowest BCUT2D eigenvalue weighted by atomic mass is 10.0. The average molecular weight is 204 g/mol. The molecule has 0 spiro atoms. The van der Waals surface area contributed by atoms with E-state index in [9.17, 15) is 9.18 Å². The minimum Gasteiger partial charge on any atom is -0.472 e. The number of halogens is 1. The first-order valence-corrected chi connectivity index (χ1v) is 4.51. The molecule has 0 fully saturated rings. The molecular weight excluding hydrogens is 195 g/mol. The summed E-state index contributed by atoms with van der Waals surface area (Å²) in [6, 6.07) is 5.95. The van der Waals surface area contributed by atoms with Gasteiger partial charge in [-0.2, -0.15) is 0 Å². The van der Waals surface area contributed by atoms with Gasteiger partial charge < -0.3 is 4.42 Å². The van der Waals surface area contributed by atoms with Crippen molar-refractivity contribution in [2.45, 2.75) is 6.92 Å². The van der Waals surface area contributed by atoms with Crippen LogP contribution in [0.1, 0.15) is 17.3 Å². The molecule has 2 nitrogen and oxygen atoms in total. The van der Waals surface area contributed by atoms with Gasteiger partial charge in [-0.1, -0.05) is 0 Å². The lowest BCUT2D eigenvalue weighted by molar-refractivity contribution is 0.101. The molecule has 1 heterocycles. The van der Waals surface area contributed by atoms with Crippen LogP contribution >= 0.6 is 0 Å². The van der Waals surface area contributed by atoms with E-state index >= 15 is 0 Å². The Morgan fingerprint density at radius 2 is 2.13 bits per heavy atom. The molecule has 0 radical (unpaired) electrons. The number of carbonyl (C=O) groups excluding carboxylic acids is 1. The van der Waals surface area contributed by atoms with Gasteiger partial charge in [0.25, 0.3) is 0 Å². The fourth-order valence-electron chi connectivity index (χ4n) is 1.38. The maximum Gasteiger partial charge on any atom is 0.159 e. The minimum atomic E-state index is -0.360. The Kier molecular flexibility index (Phi) is 2.37. The first kappa shape index (κ1) is 9.65. The molecule has 0 saturated heterocycles. The van der Waals surface area contributed by atoms with E-state index in [1.165, 1.54) is 37.6 Å². The van der Waals surface area contributed by atoms with Crippen molar-refractivity contribution < 1.29 is 13.6 Å². The summed E-state index contributed by atoms with van der Waals surface area (Å²) in [6.07, 6.45) is 2.91. The third-order valence-corrected chi connectivity index (χ3v) is 2.21. The largest absolute Gasteiger partial charge is 0.472 e. The van der Waals surface area contributed by atoms with E-state index in [4.69, 9.17) is 4.42 Å². The van der Waals surface area contributed by atoms with Crippen LogP contribution in [0, 0.1) is 5.82 Å². The van der Waals surface area contributed by atoms with Gasteiger partial charge in [0.15, 0.2) is 5.78 Å². The van der Waals surface area contributed by atoms with Crippen molar-refractivity contribution >= 4 is 5.78 Å². The second-order valence-electron chi connectivity index (χ2n) is 3.26. The number of furan rings is 1. The number of benzene rings is 1. The second kappa shape index (κ2) is 3.69. The van der Waals surface area contributed by atoms with Crippen LogP contribution in [-0.4, -0.2) is 5.78 Å². The highest BCUT2D eigenvalue weighted by Crippen LogP contribution is 2.24. The maximum absolute atomic E-state index is 13.4. The van der Waals surface area contributed by atoms with Crippen molar-refractivity contribution in [3.8, 4) is 11.1 Å². The van der Waals surface area contributed by atoms with E-state index in [0.717, 1.165) is 0 Å². The molecule has 0 N–H and O–H groups in total. The molecule has 15 heavy (non-hydrogen) atoms. The Morgan fingerprint density at radius 3 is 2.73 bits per heavy atom. The quantitative estimate of drug-likeness (QED) is 0.702. The van der Waals surface area contributed by atoms with E-state index in [0.29, 0.717) is 16.7 Å². The number of rotatable bonds is 2. The molecule has 76 valence electrons. The molecule has 0 amide bonds. The van der Waals surface area contributed by atoms with Crippen LogP contribution < -0.4 is 0 Å². The molecule has 0 unspecified atom stereocenters. The normalized spacial score (nSPS) is 10.3. The summed E-state index contributed by atoms with van der Waals surface area (Å²) >= 11 is 0. The molecule has 2 rings (SSSR count). The van der Waals surface area contributed by atoms with Gasteiger partial charge in [0.05, 0.1) is 12.5 Å². The smallest absolute Gasteiger partial charge is 0.159 e. The first-order chi connectivity index (χ1) is 7.18. The van der Waals surface area contributed by atoms with Crippen molar-refractivity contribution in [1.29, 1.82) is 0 Å². The molecule has 2 aromatic rings. The van der Waals surface area contributed by atoms with E-state index in [1.54, 1.807) is 6.07 Å². The molecule has 0 aliphatic heterocycles. The number of carbonyl (C=O) groups is 1. The number of Topliss-reactive ketones (excluding diaryl/α,β-unsaturated/α-hetero) is 1. The van der Waals surface area contributed by atoms with Gasteiger partial charge >= 0.3 is 0 Å². The molecule has 0 atom stereocenters. The predicted octanol–water partition coefficient (Wildman–Crippen LogP) is 3.29. The van der Waals surface area contributed by atoms with Crippen LogP contribution in [0.4, 0.5) is 4.39 Å². The zero-order valence-electron chi connectivity index (χ0n) is 8.16. The Balaban J connectivity index is 2.55. The number of ketones is 1. The van der Waals surface area contributed by atoms with Gasteiger partial charge in [0.1, 0.15) is 5.82 Å². The van der Waals surface area contributed by atoms with E-state index in [1.807, 2.05) is 0 Å². The number of hydrogen-bond donors (Lipinski definition) is 0. The lowest BCUT2D eigenvalue weighted by Gasteiger charge is -2.02. The summed E-state index contributed by atoms with van der Waals surface area (Å²) in [7, 11) is 0. The monoisotopic (exact) mass is 204 g/mol. The lowest BCUT2D eigenvalue weighted by Crippen LogP contribution is -1.93. The van der Waals surface area contributed by atoms with Gasteiger partial charge in [-0.25, -0.2) is 4.39 Å². The van der Waals surface area contributed by atoms with Gasteiger partial charge in [-0.05, 0) is 31.2 Å². The molecule has 0 aliphatic rings. The fraction of sp³-hybridized carbons (Fsp3) is 0.0833. The fourth-order valence-corrected chi connectivity index (χ4v) is 1.38. The topological polar surface area (TPSA) is 30.2 Å². The average Bonchev–Trinajstić information content (AvgIpc) is 2.71. The first-order valence-electron chi connectivity index (χ1n) is 4.51. The van der Waals surface area contributed by atoms with Gasteiger partial charge in [0, 0.05) is 16.7 Å². The molecule has 1 aromatic heterocycles. The SMILES string of the molecule is CC(=O)c1ccc(F)c(-c2ccoc2)c1. The maximum atomic E-state index is 13.4. The van der Waals surface area contributed by atoms with Crippen LogP contribution in [0.2, 0.25) is 0 Å². The van der Waals surface area contributed by atoms with Crippen molar-refractivity contribution in [2.24, 2.45) is 0 Å². The van der Waals surface area contributed by atoms with Gasteiger partial charge in [-0.3, -0.25) is 4.79 Å². The third-order valence-electron chi connectivity index (χ3n) is 2.21. The molecule has 0 bridgehead atoms. The minimum absolute atomic E-state index is 0.0836. The predicted molar refractivity (Wildman–Crippen MR) is 54.1 cm³/mol. The highest BCUT2D eigenvalue weighted by molar-refractivity contribution is 5.95. The van der Waals surface area contributed by atoms with Crippen LogP contribution in [0.25, 0.3) is 11.1 Å². The standard InChI is InChI=1S/C12H9FO2/c1-8(14)9-2-3-12(13)11(6-9)10-4-5-15-7-10/h2-7H,1H3. The van der Waals surface area contributed by atoms with Crippen molar-refractivity contribution in [3.63, 3.8) is 0 Å².